The van der Waals surface area contributed by atoms with Crippen LogP contribution in [0.5, 0.6) is 0 Å². The number of nitrogens with zero attached hydrogens (tertiary/aromatic N) is 2. The number of halogens is 2. The molecule has 0 saturated carbocycles. The normalized spacial score (nSPS) is 19.0. The number of fused-ring (bicyclic) bond motifs is 5. The Bertz CT molecular complexity index is 1580. The highest BCUT2D eigenvalue weighted by molar-refractivity contribution is 6.23. The molecule has 4 aromatic rings. The highest BCUT2D eigenvalue weighted by Gasteiger charge is 2.59. The van der Waals surface area contributed by atoms with E-state index in [-0.39, 0.29) is 17.2 Å². The first-order chi connectivity index (χ1) is 17.3. The number of nitrogens with one attached hydrogen (secondary N) is 2. The van der Waals surface area contributed by atoms with Crippen molar-refractivity contribution in [1.82, 2.24) is 9.88 Å². The molecule has 0 unspecified atom stereocenters. The van der Waals surface area contributed by atoms with Gasteiger partial charge in [-0.1, -0.05) is 18.2 Å². The summed E-state index contributed by atoms with van der Waals surface area (Å²) in [5.41, 5.74) is 1.83. The van der Waals surface area contributed by atoms with Crippen LogP contribution in [-0.4, -0.2) is 34.3 Å². The van der Waals surface area contributed by atoms with Crippen LogP contribution in [0.1, 0.15) is 28.5 Å². The molecule has 0 aliphatic carbocycles. The van der Waals surface area contributed by atoms with Crippen molar-refractivity contribution in [3.63, 3.8) is 0 Å². The lowest BCUT2D eigenvalue weighted by molar-refractivity contribution is -0.125. The first-order valence-corrected chi connectivity index (χ1v) is 11.4. The number of benzene rings is 3. The van der Waals surface area contributed by atoms with Crippen LogP contribution >= 0.6 is 0 Å². The van der Waals surface area contributed by atoms with Crippen LogP contribution in [-0.2, 0) is 16.8 Å². The zero-order chi connectivity index (χ0) is 25.2. The number of hydrogen-bond donors (Lipinski definition) is 2. The largest absolute Gasteiger partial charge is 0.356 e. The number of hydrogen-bond acceptors (Lipinski definition) is 3. The SMILES string of the molecule is C[C@]12C(=O)N(c3ccc(C(=O)Nc4ccc(F)cc4F)cc3)C(=O)N1CCc1c2[nH]c2ccccc12. The van der Waals surface area contributed by atoms with E-state index in [9.17, 15) is 23.2 Å². The quantitative estimate of drug-likeness (QED) is 0.403. The van der Waals surface area contributed by atoms with Gasteiger partial charge in [0.05, 0.1) is 17.1 Å². The van der Waals surface area contributed by atoms with E-state index in [0.29, 0.717) is 30.4 Å². The van der Waals surface area contributed by atoms with Gasteiger partial charge < -0.3 is 15.2 Å². The fourth-order valence-corrected chi connectivity index (χ4v) is 5.17. The molecule has 3 heterocycles. The highest BCUT2D eigenvalue weighted by atomic mass is 19.1. The van der Waals surface area contributed by atoms with Crippen molar-refractivity contribution in [3.8, 4) is 0 Å². The van der Waals surface area contributed by atoms with Crippen molar-refractivity contribution in [2.75, 3.05) is 16.8 Å². The zero-order valence-corrected chi connectivity index (χ0v) is 19.1. The molecule has 1 fully saturated rings. The number of carbonyl (C=O) groups excluding carboxylic acids is 3. The van der Waals surface area contributed by atoms with Gasteiger partial charge in [-0.3, -0.25) is 9.59 Å². The Hall–Kier alpha value is -4.53. The second kappa shape index (κ2) is 7.74. The summed E-state index contributed by atoms with van der Waals surface area (Å²) < 4.78 is 27.0. The zero-order valence-electron chi connectivity index (χ0n) is 19.1. The Morgan fingerprint density at radius 3 is 2.53 bits per heavy atom. The minimum atomic E-state index is -1.18. The van der Waals surface area contributed by atoms with Gasteiger partial charge >= 0.3 is 6.03 Å². The summed E-state index contributed by atoms with van der Waals surface area (Å²) in [6, 6.07) is 16.1. The van der Waals surface area contributed by atoms with Crippen molar-refractivity contribution in [1.29, 1.82) is 0 Å². The minimum absolute atomic E-state index is 0.158. The lowest BCUT2D eigenvalue weighted by Gasteiger charge is -2.35. The molecule has 9 heteroatoms. The molecule has 4 amide bonds. The predicted molar refractivity (Wildman–Crippen MR) is 130 cm³/mol. The van der Waals surface area contributed by atoms with E-state index in [2.05, 4.69) is 10.3 Å². The Morgan fingerprint density at radius 1 is 1.03 bits per heavy atom. The highest BCUT2D eigenvalue weighted by Crippen LogP contribution is 2.45. The second-order valence-corrected chi connectivity index (χ2v) is 9.05. The first kappa shape index (κ1) is 22.0. The standard InChI is InChI=1S/C27H20F2N4O3/c1-27-23-19(18-4-2-3-5-21(18)30-23)12-13-32(27)26(36)33(25(27)35)17-9-6-15(7-10-17)24(34)31-22-11-8-16(28)14-20(22)29/h2-11,14,30H,12-13H2,1H3,(H,31,34)/t27-/m0/s1. The van der Waals surface area contributed by atoms with E-state index in [1.54, 1.807) is 11.8 Å². The van der Waals surface area contributed by atoms with E-state index in [1.165, 1.54) is 24.3 Å². The van der Waals surface area contributed by atoms with Gasteiger partial charge in [-0.15, -0.1) is 0 Å². The molecule has 1 atom stereocenters. The van der Waals surface area contributed by atoms with Gasteiger partial charge in [0.2, 0.25) is 0 Å². The van der Waals surface area contributed by atoms with E-state index in [4.69, 9.17) is 0 Å². The summed E-state index contributed by atoms with van der Waals surface area (Å²) in [6.45, 7) is 2.15. The summed E-state index contributed by atoms with van der Waals surface area (Å²) in [6.07, 6.45) is 0.626. The molecule has 180 valence electrons. The van der Waals surface area contributed by atoms with E-state index < -0.39 is 29.1 Å². The fraction of sp³-hybridized carbons (Fsp3) is 0.148. The van der Waals surface area contributed by atoms with Crippen molar-refractivity contribution in [2.24, 2.45) is 0 Å². The molecule has 7 nitrogen and oxygen atoms in total. The van der Waals surface area contributed by atoms with E-state index >= 15 is 0 Å². The molecular weight excluding hydrogens is 466 g/mol. The lowest BCUT2D eigenvalue weighted by atomic mass is 9.87. The number of H-pyrrole nitrogens is 1. The third-order valence-corrected chi connectivity index (χ3v) is 7.03. The molecule has 1 aromatic heterocycles. The molecule has 3 aromatic carbocycles. The molecule has 0 bridgehead atoms. The Labute approximate surface area is 204 Å². The van der Waals surface area contributed by atoms with Gasteiger partial charge in [-0.2, -0.15) is 0 Å². The average molecular weight is 486 g/mol. The summed E-state index contributed by atoms with van der Waals surface area (Å²) in [4.78, 5) is 45.7. The van der Waals surface area contributed by atoms with Gasteiger partial charge in [0, 0.05) is 29.1 Å². The van der Waals surface area contributed by atoms with E-state index in [0.717, 1.165) is 33.5 Å². The Morgan fingerprint density at radius 2 is 1.78 bits per heavy atom. The maximum atomic E-state index is 13.9. The van der Waals surface area contributed by atoms with Crippen molar-refractivity contribution < 1.29 is 23.2 Å². The maximum absolute atomic E-state index is 13.9. The first-order valence-electron chi connectivity index (χ1n) is 11.4. The predicted octanol–water partition coefficient (Wildman–Crippen LogP) is 4.94. The smallest absolute Gasteiger partial charge is 0.332 e. The number of anilines is 2. The van der Waals surface area contributed by atoms with Crippen LogP contribution in [0.2, 0.25) is 0 Å². The van der Waals surface area contributed by atoms with Crippen LogP contribution in [0.3, 0.4) is 0 Å². The third kappa shape index (κ3) is 3.05. The number of carbonyl (C=O) groups is 3. The average Bonchev–Trinajstić information content (AvgIpc) is 3.34. The number of rotatable bonds is 3. The Kier molecular flexibility index (Phi) is 4.72. The maximum Gasteiger partial charge on any atom is 0.332 e. The van der Waals surface area contributed by atoms with Crippen LogP contribution < -0.4 is 10.2 Å². The second-order valence-electron chi connectivity index (χ2n) is 9.05. The van der Waals surface area contributed by atoms with Gasteiger partial charge in [0.1, 0.15) is 11.6 Å². The van der Waals surface area contributed by atoms with Crippen LogP contribution in [0.15, 0.2) is 66.7 Å². The van der Waals surface area contributed by atoms with Crippen molar-refractivity contribution in [2.45, 2.75) is 18.9 Å². The van der Waals surface area contributed by atoms with Crippen LogP contribution in [0.4, 0.5) is 25.0 Å². The number of amides is 4. The van der Waals surface area contributed by atoms with Crippen LogP contribution in [0, 0.1) is 11.6 Å². The molecule has 1 saturated heterocycles. The third-order valence-electron chi connectivity index (χ3n) is 7.03. The van der Waals surface area contributed by atoms with Gasteiger partial charge in [-0.25, -0.2) is 18.5 Å². The van der Waals surface area contributed by atoms with Gasteiger partial charge in [0.15, 0.2) is 5.54 Å². The number of aromatic amines is 1. The summed E-state index contributed by atoms with van der Waals surface area (Å²) in [5, 5.41) is 3.43. The molecular formula is C27H20F2N4O3. The summed E-state index contributed by atoms with van der Waals surface area (Å²) >= 11 is 0. The monoisotopic (exact) mass is 486 g/mol. The van der Waals surface area contributed by atoms with Crippen LogP contribution in [0.25, 0.3) is 10.9 Å². The molecule has 6 rings (SSSR count). The molecule has 2 aliphatic rings. The topological polar surface area (TPSA) is 85.5 Å². The number of aromatic nitrogens is 1. The lowest BCUT2D eigenvalue weighted by Crippen LogP contribution is -2.49. The summed E-state index contributed by atoms with van der Waals surface area (Å²) in [5.74, 6) is -2.64. The molecule has 2 N–H and O–H groups in total. The summed E-state index contributed by atoms with van der Waals surface area (Å²) in [7, 11) is 0. The molecule has 36 heavy (non-hydrogen) atoms. The molecule has 0 radical (unpaired) electrons. The minimum Gasteiger partial charge on any atom is -0.356 e. The number of urea groups is 1. The molecule has 2 aliphatic heterocycles. The molecule has 0 spiro atoms. The van der Waals surface area contributed by atoms with Gasteiger partial charge in [-0.05, 0) is 61.4 Å². The van der Waals surface area contributed by atoms with Crippen molar-refractivity contribution in [3.05, 3.63) is 95.2 Å². The van der Waals surface area contributed by atoms with Gasteiger partial charge in [0.25, 0.3) is 11.8 Å². The fourth-order valence-electron chi connectivity index (χ4n) is 5.17. The Balaban J connectivity index is 1.30. The number of imide groups is 1. The number of para-hydroxylation sites is 1. The van der Waals surface area contributed by atoms with Crippen molar-refractivity contribution >= 4 is 40.1 Å². The van der Waals surface area contributed by atoms with E-state index in [1.807, 2.05) is 24.3 Å².